The van der Waals surface area contributed by atoms with Crippen molar-refractivity contribution in [2.24, 2.45) is 10.1 Å². The minimum Gasteiger partial charge on any atom is -0.218 e. The van der Waals surface area contributed by atoms with E-state index in [4.69, 9.17) is 26.7 Å². The Morgan fingerprint density at radius 1 is 0.969 bits per heavy atom. The number of aliphatic imine (C=N–C) groups is 1. The zero-order valence-electron chi connectivity index (χ0n) is 17.3. The van der Waals surface area contributed by atoms with Crippen LogP contribution in [0.4, 0.5) is 10.8 Å². The predicted octanol–water partition coefficient (Wildman–Crippen LogP) is 7.52. The fourth-order valence-corrected chi connectivity index (χ4v) is 4.46. The first-order chi connectivity index (χ1) is 15.7. The highest BCUT2D eigenvalue weighted by Gasteiger charge is 2.27. The average molecular weight is 455 g/mol. The molecule has 32 heavy (non-hydrogen) atoms. The van der Waals surface area contributed by atoms with Gasteiger partial charge >= 0.3 is 0 Å². The van der Waals surface area contributed by atoms with Crippen LogP contribution in [0, 0.1) is 0 Å². The fraction of sp³-hybridized carbons (Fsp3) is 0.0385. The maximum absolute atomic E-state index is 6.26. The predicted molar refractivity (Wildman–Crippen MR) is 137 cm³/mol. The van der Waals surface area contributed by atoms with Gasteiger partial charge in [0.15, 0.2) is 5.84 Å². The number of amidine groups is 1. The number of nitrogens with zero attached hydrogens (tertiary/aromatic N) is 4. The third-order valence-corrected chi connectivity index (χ3v) is 6.13. The summed E-state index contributed by atoms with van der Waals surface area (Å²) in [6.07, 6.45) is 6.14. The highest BCUT2D eigenvalue weighted by atomic mass is 35.5. The Morgan fingerprint density at radius 3 is 2.59 bits per heavy atom. The number of halogens is 1. The molecular weight excluding hydrogens is 436 g/mol. The first kappa shape index (κ1) is 20.4. The number of hydrazone groups is 1. The quantitative estimate of drug-likeness (QED) is 0.320. The summed E-state index contributed by atoms with van der Waals surface area (Å²) >= 11 is 7.82. The molecule has 0 aliphatic carbocycles. The summed E-state index contributed by atoms with van der Waals surface area (Å²) in [5.41, 5.74) is 4.75. The van der Waals surface area contributed by atoms with Crippen LogP contribution in [0.1, 0.15) is 12.5 Å². The molecule has 0 radical (unpaired) electrons. The van der Waals surface area contributed by atoms with E-state index in [2.05, 4.69) is 24.3 Å². The number of rotatable bonds is 4. The van der Waals surface area contributed by atoms with Crippen molar-refractivity contribution in [2.75, 3.05) is 5.01 Å². The van der Waals surface area contributed by atoms with Crippen LogP contribution < -0.4 is 5.01 Å². The number of benzene rings is 3. The summed E-state index contributed by atoms with van der Waals surface area (Å²) < 4.78 is 1.10. The van der Waals surface area contributed by atoms with Crippen LogP contribution in [-0.4, -0.2) is 16.5 Å². The van der Waals surface area contributed by atoms with Gasteiger partial charge in [-0.1, -0.05) is 83.6 Å². The van der Waals surface area contributed by atoms with E-state index in [9.17, 15) is 0 Å². The largest absolute Gasteiger partial charge is 0.218 e. The lowest BCUT2D eigenvalue weighted by molar-refractivity contribution is 1.15. The van der Waals surface area contributed by atoms with Crippen molar-refractivity contribution < 1.29 is 0 Å². The van der Waals surface area contributed by atoms with Crippen LogP contribution in [0.3, 0.4) is 0 Å². The molecule has 5 rings (SSSR count). The average Bonchev–Trinajstić information content (AvgIpc) is 3.35. The number of hydrogen-bond acceptors (Lipinski definition) is 4. The first-order valence-corrected chi connectivity index (χ1v) is 11.4. The van der Waals surface area contributed by atoms with Gasteiger partial charge < -0.3 is 0 Å². The molecule has 0 unspecified atom stereocenters. The molecular formula is C26H19ClN4S. The van der Waals surface area contributed by atoms with Crippen LogP contribution in [0.25, 0.3) is 16.3 Å². The number of thiazole rings is 1. The second-order valence-electron chi connectivity index (χ2n) is 7.23. The Kier molecular flexibility index (Phi) is 5.67. The molecule has 0 amide bonds. The molecule has 0 saturated carbocycles. The van der Waals surface area contributed by atoms with Gasteiger partial charge in [-0.05, 0) is 48.9 Å². The van der Waals surface area contributed by atoms with E-state index in [1.165, 1.54) is 0 Å². The highest BCUT2D eigenvalue weighted by Crippen LogP contribution is 2.32. The monoisotopic (exact) mass is 454 g/mol. The lowest BCUT2D eigenvalue weighted by Crippen LogP contribution is -2.21. The van der Waals surface area contributed by atoms with Crippen molar-refractivity contribution in [2.45, 2.75) is 6.92 Å². The van der Waals surface area contributed by atoms with E-state index in [-0.39, 0.29) is 0 Å². The van der Waals surface area contributed by atoms with Crippen LogP contribution >= 0.6 is 22.9 Å². The zero-order chi connectivity index (χ0) is 21.9. The van der Waals surface area contributed by atoms with Gasteiger partial charge in [-0.25, -0.2) is 9.99 Å². The van der Waals surface area contributed by atoms with E-state index in [0.29, 0.717) is 10.2 Å². The van der Waals surface area contributed by atoms with Crippen LogP contribution in [0.2, 0.25) is 5.02 Å². The second kappa shape index (κ2) is 8.91. The number of para-hydroxylation sites is 1. The fourth-order valence-electron chi connectivity index (χ4n) is 3.44. The minimum atomic E-state index is 0.649. The summed E-state index contributed by atoms with van der Waals surface area (Å²) in [6.45, 7) is 1.99. The molecule has 4 nitrogen and oxygen atoms in total. The van der Waals surface area contributed by atoms with Crippen molar-refractivity contribution in [1.29, 1.82) is 0 Å². The van der Waals surface area contributed by atoms with Crippen LogP contribution in [0.5, 0.6) is 0 Å². The summed E-state index contributed by atoms with van der Waals surface area (Å²) in [7, 11) is 0. The van der Waals surface area contributed by atoms with Crippen LogP contribution in [-0.2, 0) is 0 Å². The normalized spacial score (nSPS) is 16.6. The van der Waals surface area contributed by atoms with Gasteiger partial charge in [-0.3, -0.25) is 0 Å². The number of allylic oxidation sites excluding steroid dienone is 2. The molecule has 0 saturated heterocycles. The van der Waals surface area contributed by atoms with Crippen molar-refractivity contribution >= 4 is 61.6 Å². The summed E-state index contributed by atoms with van der Waals surface area (Å²) in [5, 5.41) is 7.94. The maximum atomic E-state index is 6.26. The molecule has 6 heteroatoms. The van der Waals surface area contributed by atoms with Crippen LogP contribution in [0.15, 0.2) is 107 Å². The molecule has 1 aliphatic heterocycles. The Morgan fingerprint density at radius 2 is 1.78 bits per heavy atom. The second-order valence-corrected chi connectivity index (χ2v) is 8.67. The molecule has 0 spiro atoms. The van der Waals surface area contributed by atoms with E-state index in [1.807, 2.05) is 84.7 Å². The van der Waals surface area contributed by atoms with E-state index >= 15 is 0 Å². The third-order valence-electron chi connectivity index (χ3n) is 4.97. The molecule has 1 aliphatic rings. The van der Waals surface area contributed by atoms with Gasteiger partial charge in [0.2, 0.25) is 5.13 Å². The van der Waals surface area contributed by atoms with Gasteiger partial charge in [0.05, 0.1) is 21.6 Å². The van der Waals surface area contributed by atoms with E-state index in [1.54, 1.807) is 11.3 Å². The highest BCUT2D eigenvalue weighted by molar-refractivity contribution is 7.22. The number of fused-ring (bicyclic) bond motifs is 1. The molecule has 0 fully saturated rings. The molecule has 2 heterocycles. The lowest BCUT2D eigenvalue weighted by Gasteiger charge is -2.15. The van der Waals surface area contributed by atoms with Crippen molar-refractivity contribution in [1.82, 2.24) is 4.98 Å². The topological polar surface area (TPSA) is 40.9 Å². The third kappa shape index (κ3) is 4.26. The zero-order valence-corrected chi connectivity index (χ0v) is 18.9. The molecule has 0 bridgehead atoms. The lowest BCUT2D eigenvalue weighted by atomic mass is 10.1. The molecule has 3 aromatic carbocycles. The van der Waals surface area contributed by atoms with Gasteiger partial charge in [0, 0.05) is 10.6 Å². The van der Waals surface area contributed by atoms with E-state index < -0.39 is 0 Å². The molecule has 0 atom stereocenters. The Hall–Kier alpha value is -3.54. The van der Waals surface area contributed by atoms with Crippen molar-refractivity contribution in [3.05, 3.63) is 107 Å². The van der Waals surface area contributed by atoms with Gasteiger partial charge in [-0.2, -0.15) is 10.1 Å². The van der Waals surface area contributed by atoms with Gasteiger partial charge in [0.25, 0.3) is 0 Å². The standard InChI is InChI=1S/C26H19ClN4S/c1-18-22(14-7-11-19-9-3-2-4-10-19)25(31(30-18)21-13-8-12-20(27)17-21)29-26-28-23-15-5-6-16-24(23)32-26/h2-17H,1H3/b11-7+,22-14-,29-25?. The number of aromatic nitrogens is 1. The molecule has 156 valence electrons. The van der Waals surface area contributed by atoms with Crippen molar-refractivity contribution in [3.63, 3.8) is 0 Å². The van der Waals surface area contributed by atoms with Crippen molar-refractivity contribution in [3.8, 4) is 0 Å². The Bertz CT molecular complexity index is 1370. The number of hydrogen-bond donors (Lipinski definition) is 0. The Labute approximate surface area is 195 Å². The van der Waals surface area contributed by atoms with E-state index in [0.717, 1.165) is 38.6 Å². The summed E-state index contributed by atoms with van der Waals surface area (Å²) in [6, 6.07) is 25.9. The first-order valence-electron chi connectivity index (χ1n) is 10.2. The summed E-state index contributed by atoms with van der Waals surface area (Å²) in [4.78, 5) is 9.62. The molecule has 1 aromatic heterocycles. The number of anilines is 1. The smallest absolute Gasteiger partial charge is 0.212 e. The Balaban J connectivity index is 1.58. The molecule has 0 N–H and O–H groups in total. The SMILES string of the molecule is CC1=NN(c2cccc(Cl)c2)C(=Nc2nc3ccccc3s2)/C1=C\C=C\c1ccccc1. The van der Waals surface area contributed by atoms with Gasteiger partial charge in [-0.15, -0.1) is 0 Å². The van der Waals surface area contributed by atoms with Gasteiger partial charge in [0.1, 0.15) is 0 Å². The maximum Gasteiger partial charge on any atom is 0.212 e. The minimum absolute atomic E-state index is 0.649. The molecule has 4 aromatic rings. The summed E-state index contributed by atoms with van der Waals surface area (Å²) in [5.74, 6) is 0.724.